The van der Waals surface area contributed by atoms with E-state index in [4.69, 9.17) is 9.15 Å². The van der Waals surface area contributed by atoms with Gasteiger partial charge in [-0.15, -0.1) is 0 Å². The van der Waals surface area contributed by atoms with Crippen molar-refractivity contribution in [2.45, 2.75) is 32.2 Å². The summed E-state index contributed by atoms with van der Waals surface area (Å²) in [5.41, 5.74) is 0.938. The Balaban J connectivity index is 1.69. The third-order valence-electron chi connectivity index (χ3n) is 5.12. The first-order valence-corrected chi connectivity index (χ1v) is 9.22. The van der Waals surface area contributed by atoms with Gasteiger partial charge in [0.1, 0.15) is 17.3 Å². The summed E-state index contributed by atoms with van der Waals surface area (Å²) < 4.78 is 10.7. The molecule has 1 aliphatic heterocycles. The number of hydrogen-bond acceptors (Lipinski definition) is 4. The van der Waals surface area contributed by atoms with E-state index < -0.39 is 0 Å². The van der Waals surface area contributed by atoms with Crippen LogP contribution in [0.4, 0.5) is 0 Å². The van der Waals surface area contributed by atoms with Crippen LogP contribution in [0, 0.1) is 12.8 Å². The smallest absolute Gasteiger partial charge is 0.225 e. The number of methoxy groups -OCH3 is 1. The largest absolute Gasteiger partial charge is 0.497 e. The minimum Gasteiger partial charge on any atom is -0.497 e. The van der Waals surface area contributed by atoms with E-state index in [2.05, 4.69) is 5.32 Å². The first-order chi connectivity index (χ1) is 13.0. The number of hydrogen-bond donors (Lipinski definition) is 1. The standard InChI is InChI=1S/C21H26N2O4/c1-14-4-7-17(27-14)12-13-22-21(25)18-10-11-19(24)23(2)20(18)15-5-8-16(26-3)9-6-15/h4-9,18,20H,10-13H2,1-3H3,(H,22,25)/t18-,20+/m1/s1. The summed E-state index contributed by atoms with van der Waals surface area (Å²) in [4.78, 5) is 26.8. The molecule has 1 aromatic heterocycles. The van der Waals surface area contributed by atoms with Gasteiger partial charge in [0.25, 0.3) is 0 Å². The van der Waals surface area contributed by atoms with E-state index in [1.165, 1.54) is 0 Å². The highest BCUT2D eigenvalue weighted by molar-refractivity contribution is 5.84. The summed E-state index contributed by atoms with van der Waals surface area (Å²) in [5.74, 6) is 2.22. The average Bonchev–Trinajstić information content (AvgIpc) is 3.09. The first-order valence-electron chi connectivity index (χ1n) is 9.22. The van der Waals surface area contributed by atoms with E-state index in [-0.39, 0.29) is 23.8 Å². The van der Waals surface area contributed by atoms with Crippen molar-refractivity contribution in [3.05, 3.63) is 53.5 Å². The third kappa shape index (κ3) is 4.32. The summed E-state index contributed by atoms with van der Waals surface area (Å²) in [7, 11) is 3.38. The minimum absolute atomic E-state index is 0.0292. The maximum atomic E-state index is 12.8. The van der Waals surface area contributed by atoms with Gasteiger partial charge in [-0.1, -0.05) is 12.1 Å². The highest BCUT2D eigenvalue weighted by atomic mass is 16.5. The number of piperidine rings is 1. The van der Waals surface area contributed by atoms with E-state index in [9.17, 15) is 9.59 Å². The molecule has 1 aliphatic rings. The number of furan rings is 1. The van der Waals surface area contributed by atoms with Gasteiger partial charge in [-0.05, 0) is 43.2 Å². The molecule has 3 rings (SSSR count). The normalized spacial score (nSPS) is 19.8. The van der Waals surface area contributed by atoms with E-state index in [0.717, 1.165) is 22.8 Å². The molecule has 0 aliphatic carbocycles. The van der Waals surface area contributed by atoms with Crippen LogP contribution in [0.5, 0.6) is 5.75 Å². The predicted molar refractivity (Wildman–Crippen MR) is 101 cm³/mol. The van der Waals surface area contributed by atoms with Gasteiger partial charge in [-0.25, -0.2) is 0 Å². The fourth-order valence-corrected chi connectivity index (χ4v) is 3.63. The van der Waals surface area contributed by atoms with Crippen molar-refractivity contribution >= 4 is 11.8 Å². The molecule has 1 N–H and O–H groups in total. The van der Waals surface area contributed by atoms with Crippen LogP contribution in [0.1, 0.15) is 36.0 Å². The summed E-state index contributed by atoms with van der Waals surface area (Å²) in [6.07, 6.45) is 1.58. The van der Waals surface area contributed by atoms with E-state index >= 15 is 0 Å². The number of ether oxygens (including phenoxy) is 1. The molecule has 2 atom stereocenters. The quantitative estimate of drug-likeness (QED) is 0.849. The molecule has 1 saturated heterocycles. The van der Waals surface area contributed by atoms with Gasteiger partial charge in [-0.3, -0.25) is 9.59 Å². The second-order valence-corrected chi connectivity index (χ2v) is 6.92. The Labute approximate surface area is 159 Å². The highest BCUT2D eigenvalue weighted by Crippen LogP contribution is 2.36. The number of amides is 2. The molecule has 0 spiro atoms. The Kier molecular flexibility index (Phi) is 5.84. The van der Waals surface area contributed by atoms with Gasteiger partial charge in [0.05, 0.1) is 19.1 Å². The lowest BCUT2D eigenvalue weighted by molar-refractivity contribution is -0.141. The number of likely N-dealkylation sites (tertiary alicyclic amines) is 1. The van der Waals surface area contributed by atoms with Crippen LogP contribution < -0.4 is 10.1 Å². The molecule has 0 unspecified atom stereocenters. The van der Waals surface area contributed by atoms with Gasteiger partial charge >= 0.3 is 0 Å². The van der Waals surface area contributed by atoms with Crippen LogP contribution in [-0.2, 0) is 16.0 Å². The number of rotatable bonds is 6. The fourth-order valence-electron chi connectivity index (χ4n) is 3.63. The zero-order valence-corrected chi connectivity index (χ0v) is 16.0. The van der Waals surface area contributed by atoms with Crippen LogP contribution in [0.3, 0.4) is 0 Å². The van der Waals surface area contributed by atoms with Gasteiger partial charge in [0.2, 0.25) is 11.8 Å². The molecule has 0 saturated carbocycles. The molecule has 1 aromatic carbocycles. The molecule has 0 bridgehead atoms. The zero-order chi connectivity index (χ0) is 19.4. The summed E-state index contributed by atoms with van der Waals surface area (Å²) in [6, 6.07) is 11.1. The molecule has 27 heavy (non-hydrogen) atoms. The van der Waals surface area contributed by atoms with Crippen molar-refractivity contribution in [1.29, 1.82) is 0 Å². The van der Waals surface area contributed by atoms with Gasteiger partial charge in [0, 0.05) is 26.4 Å². The number of aryl methyl sites for hydroxylation is 1. The molecule has 0 radical (unpaired) electrons. The first kappa shape index (κ1) is 19.0. The Morgan fingerprint density at radius 3 is 2.63 bits per heavy atom. The lowest BCUT2D eigenvalue weighted by Crippen LogP contribution is -2.46. The number of nitrogens with one attached hydrogen (secondary N) is 1. The van der Waals surface area contributed by atoms with E-state index in [0.29, 0.717) is 25.8 Å². The van der Waals surface area contributed by atoms with Crippen LogP contribution in [0.2, 0.25) is 0 Å². The van der Waals surface area contributed by atoms with Crippen molar-refractivity contribution in [3.8, 4) is 5.75 Å². The van der Waals surface area contributed by atoms with Crippen molar-refractivity contribution in [2.75, 3.05) is 20.7 Å². The summed E-state index contributed by atoms with van der Waals surface area (Å²) in [6.45, 7) is 2.41. The predicted octanol–water partition coefficient (Wildman–Crippen LogP) is 2.87. The van der Waals surface area contributed by atoms with Gasteiger partial charge in [-0.2, -0.15) is 0 Å². The lowest BCUT2D eigenvalue weighted by Gasteiger charge is -2.38. The van der Waals surface area contributed by atoms with E-state index in [1.54, 1.807) is 19.1 Å². The molecular weight excluding hydrogens is 344 g/mol. The molecule has 6 nitrogen and oxygen atoms in total. The molecule has 6 heteroatoms. The second-order valence-electron chi connectivity index (χ2n) is 6.92. The van der Waals surface area contributed by atoms with Crippen molar-refractivity contribution in [3.63, 3.8) is 0 Å². The van der Waals surface area contributed by atoms with Crippen LogP contribution in [0.25, 0.3) is 0 Å². The number of carbonyl (C=O) groups excluding carboxylic acids is 2. The van der Waals surface area contributed by atoms with E-state index in [1.807, 2.05) is 43.3 Å². The molecule has 144 valence electrons. The fraction of sp³-hybridized carbons (Fsp3) is 0.429. The Morgan fingerprint density at radius 1 is 1.26 bits per heavy atom. The monoisotopic (exact) mass is 370 g/mol. The van der Waals surface area contributed by atoms with Crippen LogP contribution >= 0.6 is 0 Å². The maximum Gasteiger partial charge on any atom is 0.225 e. The minimum atomic E-state index is -0.278. The Hall–Kier alpha value is -2.76. The Bertz CT molecular complexity index is 797. The number of benzene rings is 1. The summed E-state index contributed by atoms with van der Waals surface area (Å²) in [5, 5.41) is 3.01. The van der Waals surface area contributed by atoms with Gasteiger partial charge in [0.15, 0.2) is 0 Å². The molecule has 2 heterocycles. The number of carbonyl (C=O) groups is 2. The molecule has 2 amide bonds. The number of nitrogens with zero attached hydrogens (tertiary/aromatic N) is 1. The average molecular weight is 370 g/mol. The van der Waals surface area contributed by atoms with Crippen LogP contribution in [0.15, 0.2) is 40.8 Å². The van der Waals surface area contributed by atoms with Crippen LogP contribution in [-0.4, -0.2) is 37.4 Å². The molecule has 2 aromatic rings. The highest BCUT2D eigenvalue weighted by Gasteiger charge is 2.38. The zero-order valence-electron chi connectivity index (χ0n) is 16.0. The second kappa shape index (κ2) is 8.29. The SMILES string of the molecule is COc1ccc([C@H]2[C@H](C(=O)NCCc3ccc(C)o3)CCC(=O)N2C)cc1. The van der Waals surface area contributed by atoms with Crippen molar-refractivity contribution < 1.29 is 18.7 Å². The lowest BCUT2D eigenvalue weighted by atomic mass is 9.84. The molecular formula is C21H26N2O4. The third-order valence-corrected chi connectivity index (χ3v) is 5.12. The topological polar surface area (TPSA) is 71.8 Å². The van der Waals surface area contributed by atoms with Gasteiger partial charge < -0.3 is 19.4 Å². The Morgan fingerprint density at radius 2 is 2.00 bits per heavy atom. The molecule has 1 fully saturated rings. The maximum absolute atomic E-state index is 12.8. The summed E-state index contributed by atoms with van der Waals surface area (Å²) >= 11 is 0. The van der Waals surface area contributed by atoms with Crippen molar-refractivity contribution in [1.82, 2.24) is 10.2 Å². The van der Waals surface area contributed by atoms with Crippen molar-refractivity contribution in [2.24, 2.45) is 5.92 Å².